The van der Waals surface area contributed by atoms with Crippen LogP contribution in [0.25, 0.3) is 0 Å². The number of carbonyl (C=O) groups excluding carboxylic acids is 2. The highest BCUT2D eigenvalue weighted by Crippen LogP contribution is 2.52. The number of hydrogen-bond acceptors (Lipinski definition) is 4. The second kappa shape index (κ2) is 8.57. The summed E-state index contributed by atoms with van der Waals surface area (Å²) in [5, 5.41) is 10.2. The zero-order chi connectivity index (χ0) is 20.4. The van der Waals surface area contributed by atoms with Crippen LogP contribution in [0.15, 0.2) is 18.2 Å². The lowest BCUT2D eigenvalue weighted by molar-refractivity contribution is -0.150. The second-order valence-corrected chi connectivity index (χ2v) is 8.13. The summed E-state index contributed by atoms with van der Waals surface area (Å²) < 4.78 is 5.63. The summed E-state index contributed by atoms with van der Waals surface area (Å²) in [6.45, 7) is 1.75. The number of hydrogen-bond donors (Lipinski definition) is 3. The molecule has 1 aromatic carbocycles. The van der Waals surface area contributed by atoms with Crippen LogP contribution >= 0.6 is 23.2 Å². The van der Waals surface area contributed by atoms with E-state index in [1.807, 2.05) is 0 Å². The summed E-state index contributed by atoms with van der Waals surface area (Å²) in [7, 11) is 0. The molecule has 2 bridgehead atoms. The molecule has 0 aliphatic heterocycles. The van der Waals surface area contributed by atoms with Crippen LogP contribution in [0.1, 0.15) is 32.6 Å². The molecule has 3 rings (SSSR count). The van der Waals surface area contributed by atoms with Crippen molar-refractivity contribution in [2.75, 3.05) is 0 Å². The second-order valence-electron chi connectivity index (χ2n) is 7.29. The van der Waals surface area contributed by atoms with Crippen molar-refractivity contribution in [2.45, 2.75) is 38.7 Å². The molecule has 1 aromatic rings. The highest BCUT2D eigenvalue weighted by Gasteiger charge is 2.54. The maximum Gasteiger partial charge on any atom is 0.307 e. The van der Waals surface area contributed by atoms with Gasteiger partial charge in [0.2, 0.25) is 5.91 Å². The Kier molecular flexibility index (Phi) is 6.35. The molecule has 0 aromatic heterocycles. The van der Waals surface area contributed by atoms with Gasteiger partial charge in [0, 0.05) is 11.1 Å². The lowest BCUT2D eigenvalue weighted by atomic mass is 9.79. The highest BCUT2D eigenvalue weighted by molar-refractivity contribution is 6.34. The number of benzene rings is 1. The fourth-order valence-corrected chi connectivity index (χ4v) is 4.68. The molecule has 0 spiro atoms. The van der Waals surface area contributed by atoms with Gasteiger partial charge in [-0.15, -0.1) is 0 Å². The summed E-state index contributed by atoms with van der Waals surface area (Å²) in [6, 6.07) is 4.67. The normalized spacial score (nSPS) is 26.5. The molecule has 2 saturated carbocycles. The van der Waals surface area contributed by atoms with Crippen LogP contribution in [0.3, 0.4) is 0 Å². The van der Waals surface area contributed by atoms with Crippen LogP contribution in [0.4, 0.5) is 0 Å². The number of carboxylic acid groups (broad SMARTS) is 1. The molecule has 9 heteroatoms. The number of amides is 2. The maximum absolute atomic E-state index is 12.6. The largest absolute Gasteiger partial charge is 0.481 e. The monoisotopic (exact) mass is 428 g/mol. The van der Waals surface area contributed by atoms with Crippen LogP contribution in [0, 0.1) is 23.7 Å². The van der Waals surface area contributed by atoms with Crippen LogP contribution < -0.4 is 15.6 Å². The van der Waals surface area contributed by atoms with E-state index in [4.69, 9.17) is 27.9 Å². The highest BCUT2D eigenvalue weighted by atomic mass is 35.5. The van der Waals surface area contributed by atoms with E-state index in [2.05, 4.69) is 10.9 Å². The van der Waals surface area contributed by atoms with Crippen molar-refractivity contribution in [3.63, 3.8) is 0 Å². The van der Waals surface area contributed by atoms with E-state index in [1.165, 1.54) is 6.07 Å². The van der Waals surface area contributed by atoms with Gasteiger partial charge in [0.05, 0.1) is 16.9 Å². The third-order valence-corrected chi connectivity index (χ3v) is 6.19. The summed E-state index contributed by atoms with van der Waals surface area (Å²) in [4.78, 5) is 36.5. The van der Waals surface area contributed by atoms with Crippen molar-refractivity contribution >= 4 is 41.0 Å². The summed E-state index contributed by atoms with van der Waals surface area (Å²) in [5.74, 6) is -2.95. The fraction of sp³-hybridized carbons (Fsp3) is 0.526. The van der Waals surface area contributed by atoms with Crippen molar-refractivity contribution in [3.8, 4) is 5.75 Å². The van der Waals surface area contributed by atoms with Crippen LogP contribution in [0.5, 0.6) is 5.75 Å². The molecular formula is C19H22Cl2N2O5. The van der Waals surface area contributed by atoms with E-state index >= 15 is 0 Å². The summed E-state index contributed by atoms with van der Waals surface area (Å²) in [5.41, 5.74) is 4.73. The van der Waals surface area contributed by atoms with Crippen molar-refractivity contribution in [1.82, 2.24) is 10.9 Å². The topological polar surface area (TPSA) is 105 Å². The molecule has 0 heterocycles. The smallest absolute Gasteiger partial charge is 0.307 e. The van der Waals surface area contributed by atoms with Gasteiger partial charge in [-0.3, -0.25) is 25.2 Å². The number of halogens is 2. The molecule has 3 N–H and O–H groups in total. The molecule has 2 fully saturated rings. The number of aliphatic carboxylic acids is 1. The van der Waals surface area contributed by atoms with Gasteiger partial charge in [-0.25, -0.2) is 0 Å². The first kappa shape index (κ1) is 20.7. The lowest BCUT2D eigenvalue weighted by Gasteiger charge is -2.27. The molecule has 0 saturated heterocycles. The Bertz CT molecular complexity index is 788. The maximum atomic E-state index is 12.6. The van der Waals surface area contributed by atoms with Crippen molar-refractivity contribution in [1.29, 1.82) is 0 Å². The lowest BCUT2D eigenvalue weighted by Crippen LogP contribution is -2.52. The molecule has 152 valence electrons. The number of carboxylic acids is 1. The third-order valence-electron chi connectivity index (χ3n) is 5.64. The standard InChI is InChI=1S/C19H22Cl2N2O5/c1-2-13(28-14-8-11(20)5-6-12(14)21)17(24)22-23-18(25)15-9-3-4-10(7-9)16(15)19(26)27/h5-6,8-10,13,15-16H,2-4,7H2,1H3,(H,22,24)(H,23,25)(H,26,27)/t9-,10-,13+,15+,16+/m0/s1. The van der Waals surface area contributed by atoms with E-state index in [-0.39, 0.29) is 17.6 Å². The Labute approximate surface area is 172 Å². The van der Waals surface area contributed by atoms with Gasteiger partial charge >= 0.3 is 5.97 Å². The van der Waals surface area contributed by atoms with Gasteiger partial charge in [-0.1, -0.05) is 30.1 Å². The Morgan fingerprint density at radius 3 is 2.50 bits per heavy atom. The molecule has 28 heavy (non-hydrogen) atoms. The number of nitrogens with one attached hydrogen (secondary N) is 2. The number of rotatable bonds is 6. The first-order chi connectivity index (χ1) is 13.3. The van der Waals surface area contributed by atoms with Crippen LogP contribution in [0.2, 0.25) is 10.0 Å². The molecule has 0 radical (unpaired) electrons. The zero-order valence-corrected chi connectivity index (χ0v) is 16.8. The molecule has 0 unspecified atom stereocenters. The molecule has 5 atom stereocenters. The van der Waals surface area contributed by atoms with E-state index in [0.29, 0.717) is 16.5 Å². The quantitative estimate of drug-likeness (QED) is 0.603. The van der Waals surface area contributed by atoms with Crippen LogP contribution in [-0.4, -0.2) is 29.0 Å². The van der Waals surface area contributed by atoms with Crippen molar-refractivity contribution in [2.24, 2.45) is 23.7 Å². The average molecular weight is 429 g/mol. The fourth-order valence-electron chi connectivity index (χ4n) is 4.35. The zero-order valence-electron chi connectivity index (χ0n) is 15.3. The minimum atomic E-state index is -0.955. The average Bonchev–Trinajstić information content (AvgIpc) is 3.27. The Balaban J connectivity index is 1.60. The van der Waals surface area contributed by atoms with Gasteiger partial charge in [0.25, 0.3) is 5.91 Å². The number of hydrazine groups is 1. The molecule has 7 nitrogen and oxygen atoms in total. The van der Waals surface area contributed by atoms with Gasteiger partial charge in [-0.05, 0) is 49.7 Å². The Hall–Kier alpha value is -1.99. The number of fused-ring (bicyclic) bond motifs is 2. The Morgan fingerprint density at radius 1 is 1.18 bits per heavy atom. The third kappa shape index (κ3) is 4.20. The predicted octanol–water partition coefficient (Wildman–Crippen LogP) is 3.05. The minimum Gasteiger partial charge on any atom is -0.481 e. The molecule has 2 aliphatic rings. The first-order valence-corrected chi connectivity index (χ1v) is 10.0. The molecular weight excluding hydrogens is 407 g/mol. The van der Waals surface area contributed by atoms with E-state index < -0.39 is 35.7 Å². The van der Waals surface area contributed by atoms with Gasteiger partial charge in [-0.2, -0.15) is 0 Å². The molecule has 2 aliphatic carbocycles. The van der Waals surface area contributed by atoms with Crippen molar-refractivity contribution in [3.05, 3.63) is 28.2 Å². The van der Waals surface area contributed by atoms with Crippen molar-refractivity contribution < 1.29 is 24.2 Å². The van der Waals surface area contributed by atoms with Gasteiger partial charge < -0.3 is 9.84 Å². The Morgan fingerprint density at radius 2 is 1.86 bits per heavy atom. The minimum absolute atomic E-state index is 0.0330. The van der Waals surface area contributed by atoms with E-state index in [1.54, 1.807) is 19.1 Å². The number of carbonyl (C=O) groups is 3. The van der Waals surface area contributed by atoms with E-state index in [9.17, 15) is 19.5 Å². The summed E-state index contributed by atoms with van der Waals surface area (Å²) in [6.07, 6.45) is 1.86. The van der Waals surface area contributed by atoms with E-state index in [0.717, 1.165) is 19.3 Å². The SMILES string of the molecule is CC[C@@H](Oc1cc(Cl)ccc1Cl)C(=O)NNC(=O)[C@@H]1[C@H]2CC[C@@H](C2)[C@H]1C(=O)O. The summed E-state index contributed by atoms with van der Waals surface area (Å²) >= 11 is 12.0. The van der Waals surface area contributed by atoms with Crippen LogP contribution in [-0.2, 0) is 14.4 Å². The van der Waals surface area contributed by atoms with Gasteiger partial charge in [0.15, 0.2) is 6.10 Å². The predicted molar refractivity (Wildman–Crippen MR) is 103 cm³/mol. The number of ether oxygens (including phenoxy) is 1. The molecule has 2 amide bonds. The van der Waals surface area contributed by atoms with Gasteiger partial charge in [0.1, 0.15) is 5.75 Å². The first-order valence-electron chi connectivity index (χ1n) is 9.26.